The molecular weight excluding hydrogens is 442 g/mol. The number of unbranched alkanes of at least 4 members (excludes halogenated alkanes) is 1. The standard InChI is InChI=1S/C28H35N3O4/c1-7-8-9-20-10-12-22(13-11-20)24-16-23(30-31(24)6)26(32)29-17-21-14-18(2)25(19(3)15-21)35-28(4,5)27(33)34/h10-16H,7-9,17H2,1-6H3,(H,29,32)(H,33,34). The molecule has 0 fully saturated rings. The van der Waals surface area contributed by atoms with Crippen LogP contribution in [0.1, 0.15) is 66.4 Å². The number of aromatic nitrogens is 2. The lowest BCUT2D eigenvalue weighted by atomic mass is 10.0. The third kappa shape index (κ3) is 6.29. The summed E-state index contributed by atoms with van der Waals surface area (Å²) in [6, 6.07) is 14.0. The number of carbonyl (C=O) groups is 2. The molecule has 0 aliphatic rings. The first kappa shape index (κ1) is 26.0. The van der Waals surface area contributed by atoms with E-state index in [2.05, 4.69) is 41.6 Å². The fraction of sp³-hybridized carbons (Fsp3) is 0.393. The van der Waals surface area contributed by atoms with Crippen molar-refractivity contribution in [1.29, 1.82) is 0 Å². The molecule has 0 spiro atoms. The summed E-state index contributed by atoms with van der Waals surface area (Å²) in [5, 5.41) is 16.7. The van der Waals surface area contributed by atoms with Gasteiger partial charge in [-0.25, -0.2) is 4.79 Å². The molecule has 0 bridgehead atoms. The number of nitrogens with one attached hydrogen (secondary N) is 1. The van der Waals surface area contributed by atoms with E-state index in [4.69, 9.17) is 4.74 Å². The zero-order valence-electron chi connectivity index (χ0n) is 21.4. The molecule has 2 aromatic carbocycles. The molecule has 0 saturated carbocycles. The first-order chi connectivity index (χ1) is 16.5. The number of aliphatic carboxylic acids is 1. The number of ether oxygens (including phenoxy) is 1. The molecule has 0 unspecified atom stereocenters. The van der Waals surface area contributed by atoms with Gasteiger partial charge in [-0.15, -0.1) is 0 Å². The van der Waals surface area contributed by atoms with Crippen LogP contribution in [0.25, 0.3) is 11.3 Å². The highest BCUT2D eigenvalue weighted by molar-refractivity contribution is 5.93. The van der Waals surface area contributed by atoms with Crippen LogP contribution in [-0.2, 0) is 24.8 Å². The van der Waals surface area contributed by atoms with Gasteiger partial charge in [0.05, 0.1) is 5.69 Å². The van der Waals surface area contributed by atoms with Crippen molar-refractivity contribution in [1.82, 2.24) is 15.1 Å². The highest BCUT2D eigenvalue weighted by Gasteiger charge is 2.30. The first-order valence-electron chi connectivity index (χ1n) is 12.0. The average molecular weight is 478 g/mol. The van der Waals surface area contributed by atoms with Crippen LogP contribution in [0.5, 0.6) is 5.75 Å². The second kappa shape index (κ2) is 10.8. The molecule has 0 saturated heterocycles. The summed E-state index contributed by atoms with van der Waals surface area (Å²) in [5.41, 5.74) is 4.75. The second-order valence-electron chi connectivity index (χ2n) is 9.50. The van der Waals surface area contributed by atoms with E-state index in [9.17, 15) is 14.7 Å². The van der Waals surface area contributed by atoms with Crippen LogP contribution in [0.2, 0.25) is 0 Å². The van der Waals surface area contributed by atoms with Crippen molar-refractivity contribution in [2.75, 3.05) is 0 Å². The zero-order valence-corrected chi connectivity index (χ0v) is 21.4. The van der Waals surface area contributed by atoms with E-state index in [0.717, 1.165) is 34.4 Å². The van der Waals surface area contributed by atoms with Crippen LogP contribution in [0.15, 0.2) is 42.5 Å². The number of aryl methyl sites for hydroxylation is 4. The van der Waals surface area contributed by atoms with Crippen molar-refractivity contribution in [2.45, 2.75) is 66.0 Å². The van der Waals surface area contributed by atoms with Gasteiger partial charge in [0.15, 0.2) is 11.3 Å². The summed E-state index contributed by atoms with van der Waals surface area (Å²) in [7, 11) is 1.83. The Labute approximate surface area is 207 Å². The molecule has 2 N–H and O–H groups in total. The fourth-order valence-electron chi connectivity index (χ4n) is 3.95. The Balaban J connectivity index is 1.68. The minimum Gasteiger partial charge on any atom is -0.478 e. The summed E-state index contributed by atoms with van der Waals surface area (Å²) in [6.07, 6.45) is 3.41. The fourth-order valence-corrected chi connectivity index (χ4v) is 3.95. The number of hydrogen-bond acceptors (Lipinski definition) is 4. The van der Waals surface area contributed by atoms with Gasteiger partial charge in [-0.1, -0.05) is 49.7 Å². The number of amides is 1. The molecule has 3 rings (SSSR count). The largest absolute Gasteiger partial charge is 0.478 e. The second-order valence-corrected chi connectivity index (χ2v) is 9.50. The maximum atomic E-state index is 12.8. The number of nitrogens with zero attached hydrogens (tertiary/aromatic N) is 2. The summed E-state index contributed by atoms with van der Waals surface area (Å²) in [5.74, 6) is -0.744. The maximum absolute atomic E-state index is 12.8. The van der Waals surface area contributed by atoms with Crippen molar-refractivity contribution in [2.24, 2.45) is 7.05 Å². The summed E-state index contributed by atoms with van der Waals surface area (Å²) in [6.45, 7) is 9.27. The van der Waals surface area contributed by atoms with E-state index in [1.807, 2.05) is 33.0 Å². The highest BCUT2D eigenvalue weighted by Crippen LogP contribution is 2.29. The Kier molecular flexibility index (Phi) is 7.99. The van der Waals surface area contributed by atoms with Crippen LogP contribution in [0.4, 0.5) is 0 Å². The lowest BCUT2D eigenvalue weighted by molar-refractivity contribution is -0.152. The molecule has 35 heavy (non-hydrogen) atoms. The van der Waals surface area contributed by atoms with Crippen molar-refractivity contribution in [3.8, 4) is 17.0 Å². The lowest BCUT2D eigenvalue weighted by Gasteiger charge is -2.24. The molecule has 0 radical (unpaired) electrons. The number of carboxylic acid groups (broad SMARTS) is 1. The minimum absolute atomic E-state index is 0.256. The van der Waals surface area contributed by atoms with Gasteiger partial charge in [-0.2, -0.15) is 5.10 Å². The van der Waals surface area contributed by atoms with E-state index in [-0.39, 0.29) is 5.91 Å². The quantitative estimate of drug-likeness (QED) is 0.418. The smallest absolute Gasteiger partial charge is 0.347 e. The normalized spacial score (nSPS) is 11.4. The van der Waals surface area contributed by atoms with Crippen LogP contribution in [0, 0.1) is 13.8 Å². The molecule has 1 amide bonds. The monoisotopic (exact) mass is 477 g/mol. The van der Waals surface area contributed by atoms with Gasteiger partial charge >= 0.3 is 5.97 Å². The molecule has 0 aliphatic carbocycles. The van der Waals surface area contributed by atoms with E-state index >= 15 is 0 Å². The zero-order chi connectivity index (χ0) is 25.8. The number of benzene rings is 2. The predicted octanol–water partition coefficient (Wildman–Crippen LogP) is 5.22. The van der Waals surface area contributed by atoms with Crippen LogP contribution < -0.4 is 10.1 Å². The summed E-state index contributed by atoms with van der Waals surface area (Å²) in [4.78, 5) is 24.2. The van der Waals surface area contributed by atoms with Crippen LogP contribution >= 0.6 is 0 Å². The molecule has 7 heteroatoms. The van der Waals surface area contributed by atoms with Gasteiger partial charge in [0.2, 0.25) is 0 Å². The van der Waals surface area contributed by atoms with Gasteiger partial charge < -0.3 is 15.2 Å². The minimum atomic E-state index is -1.34. The lowest BCUT2D eigenvalue weighted by Crippen LogP contribution is -2.38. The van der Waals surface area contributed by atoms with Crippen molar-refractivity contribution in [3.63, 3.8) is 0 Å². The number of carbonyl (C=O) groups excluding carboxylic acids is 1. The Morgan fingerprint density at radius 3 is 2.26 bits per heavy atom. The van der Waals surface area contributed by atoms with E-state index in [0.29, 0.717) is 18.0 Å². The number of hydrogen-bond donors (Lipinski definition) is 2. The van der Waals surface area contributed by atoms with Gasteiger partial charge in [0.1, 0.15) is 5.75 Å². The van der Waals surface area contributed by atoms with Gasteiger partial charge in [0, 0.05) is 13.6 Å². The SMILES string of the molecule is CCCCc1ccc(-c2cc(C(=O)NCc3cc(C)c(OC(C)(C)C(=O)O)c(C)c3)nn2C)cc1. The third-order valence-electron chi connectivity index (χ3n) is 6.03. The van der Waals surface area contributed by atoms with Gasteiger partial charge in [0.25, 0.3) is 5.91 Å². The van der Waals surface area contributed by atoms with E-state index in [1.165, 1.54) is 32.3 Å². The van der Waals surface area contributed by atoms with Crippen LogP contribution in [0.3, 0.4) is 0 Å². The van der Waals surface area contributed by atoms with Crippen LogP contribution in [-0.4, -0.2) is 32.4 Å². The van der Waals surface area contributed by atoms with Crippen molar-refractivity contribution < 1.29 is 19.4 Å². The molecule has 7 nitrogen and oxygen atoms in total. The summed E-state index contributed by atoms with van der Waals surface area (Å²) < 4.78 is 7.48. The highest BCUT2D eigenvalue weighted by atomic mass is 16.5. The van der Waals surface area contributed by atoms with Crippen molar-refractivity contribution in [3.05, 3.63) is 70.4 Å². The summed E-state index contributed by atoms with van der Waals surface area (Å²) >= 11 is 0. The number of rotatable bonds is 10. The molecular formula is C28H35N3O4. The van der Waals surface area contributed by atoms with Gasteiger partial charge in [-0.3, -0.25) is 9.48 Å². The van der Waals surface area contributed by atoms with E-state index in [1.54, 1.807) is 10.7 Å². The molecule has 0 aliphatic heterocycles. The Bertz CT molecular complexity index is 1190. The molecule has 3 aromatic rings. The Morgan fingerprint density at radius 2 is 1.69 bits per heavy atom. The van der Waals surface area contributed by atoms with Crippen molar-refractivity contribution >= 4 is 11.9 Å². The Hall–Kier alpha value is -3.61. The molecule has 0 atom stereocenters. The third-order valence-corrected chi connectivity index (χ3v) is 6.03. The molecule has 1 aromatic heterocycles. The maximum Gasteiger partial charge on any atom is 0.347 e. The predicted molar refractivity (Wildman–Crippen MR) is 137 cm³/mol. The van der Waals surface area contributed by atoms with E-state index < -0.39 is 11.6 Å². The average Bonchev–Trinajstić information content (AvgIpc) is 3.20. The first-order valence-corrected chi connectivity index (χ1v) is 12.0. The van der Waals surface area contributed by atoms with Gasteiger partial charge in [-0.05, 0) is 74.4 Å². The topological polar surface area (TPSA) is 93.4 Å². The molecule has 1 heterocycles. The number of carboxylic acids is 1. The molecule has 186 valence electrons. The Morgan fingerprint density at radius 1 is 1.06 bits per heavy atom.